The Kier molecular flexibility index (Phi) is 3.83. The van der Waals surface area contributed by atoms with Crippen LogP contribution in [0.3, 0.4) is 0 Å². The summed E-state index contributed by atoms with van der Waals surface area (Å²) in [6.07, 6.45) is -0.510. The number of rotatable bonds is 5. The Morgan fingerprint density at radius 2 is 2.31 bits per heavy atom. The third-order valence-corrected chi connectivity index (χ3v) is 1.88. The van der Waals surface area contributed by atoms with Gasteiger partial charge in [-0.2, -0.15) is 21.2 Å². The molecule has 1 aliphatic heterocycles. The zero-order chi connectivity index (χ0) is 9.68. The van der Waals surface area contributed by atoms with Gasteiger partial charge in [0.05, 0.1) is 13.2 Å². The molecule has 1 rings (SSSR count). The Labute approximate surface area is 73.6 Å². The highest BCUT2D eigenvalue weighted by Crippen LogP contribution is 2.19. The van der Waals surface area contributed by atoms with Crippen LogP contribution in [0.2, 0.25) is 0 Å². The molecule has 0 radical (unpaired) electrons. The number of nitrogens with one attached hydrogen (secondary N) is 1. The Morgan fingerprint density at radius 3 is 2.85 bits per heavy atom. The smallest absolute Gasteiger partial charge is 0.147 e. The van der Waals surface area contributed by atoms with Gasteiger partial charge in [0.15, 0.2) is 0 Å². The normalized spacial score (nSPS) is 33.2. The lowest BCUT2D eigenvalue weighted by Crippen LogP contribution is -2.36. The molecule has 1 aliphatic rings. The van der Waals surface area contributed by atoms with Crippen molar-refractivity contribution in [2.75, 3.05) is 13.2 Å². The van der Waals surface area contributed by atoms with E-state index in [0.29, 0.717) is 0 Å². The van der Waals surface area contributed by atoms with Crippen molar-refractivity contribution >= 4 is 0 Å². The lowest BCUT2D eigenvalue weighted by atomic mass is 10.1. The minimum atomic E-state index is -0.764. The average Bonchev–Trinajstić information content (AvgIpc) is 2.56. The van der Waals surface area contributed by atoms with E-state index in [-0.39, 0.29) is 13.2 Å². The zero-order valence-corrected chi connectivity index (χ0v) is 6.75. The Bertz CT molecular complexity index is 189. The molecule has 3 N–H and O–H groups in total. The molecular weight excluding hydrogens is 180 g/mol. The molecule has 1 fully saturated rings. The molecule has 13 heavy (non-hydrogen) atoms. The summed E-state index contributed by atoms with van der Waals surface area (Å²) in [5, 5.41) is 5.50. The third kappa shape index (κ3) is 2.25. The molecule has 0 amide bonds. The van der Waals surface area contributed by atoms with Gasteiger partial charge in [0.2, 0.25) is 0 Å². The van der Waals surface area contributed by atoms with E-state index < -0.39 is 18.2 Å². The molecule has 3 unspecified atom stereocenters. The number of nitroso groups, excluding NO2 is 2. The highest BCUT2D eigenvalue weighted by molar-refractivity contribution is 4.94. The fourth-order valence-corrected chi connectivity index (χ4v) is 1.21. The summed E-state index contributed by atoms with van der Waals surface area (Å²) < 4.78 is 5.08. The van der Waals surface area contributed by atoms with Gasteiger partial charge in [-0.3, -0.25) is 0 Å². The van der Waals surface area contributed by atoms with Crippen LogP contribution >= 0.6 is 0 Å². The van der Waals surface area contributed by atoms with Crippen molar-refractivity contribution in [2.45, 2.75) is 18.2 Å². The van der Waals surface area contributed by atoms with E-state index in [4.69, 9.17) is 10.6 Å². The van der Waals surface area contributed by atoms with Crippen LogP contribution in [0.5, 0.6) is 0 Å². The van der Waals surface area contributed by atoms with Gasteiger partial charge in [0.25, 0.3) is 0 Å². The largest absolute Gasteiger partial charge is 0.372 e. The molecule has 8 heteroatoms. The van der Waals surface area contributed by atoms with Crippen LogP contribution in [0.25, 0.3) is 0 Å². The van der Waals surface area contributed by atoms with Gasteiger partial charge >= 0.3 is 0 Å². The summed E-state index contributed by atoms with van der Waals surface area (Å²) in [4.78, 5) is 24.6. The molecule has 8 nitrogen and oxygen atoms in total. The summed E-state index contributed by atoms with van der Waals surface area (Å²) in [5.41, 5.74) is 2.31. The number of hydrogen-bond acceptors (Lipinski definition) is 8. The predicted octanol–water partition coefficient (Wildman–Crippen LogP) is -0.950. The summed E-state index contributed by atoms with van der Waals surface area (Å²) >= 11 is 0. The molecule has 0 saturated carbocycles. The van der Waals surface area contributed by atoms with E-state index in [9.17, 15) is 9.81 Å². The summed E-state index contributed by atoms with van der Waals surface area (Å²) in [7, 11) is 0. The van der Waals surface area contributed by atoms with Gasteiger partial charge in [-0.15, -0.1) is 0 Å². The molecule has 0 aromatic rings. The number of hydrogen-bond donors (Lipinski definition) is 2. The summed E-state index contributed by atoms with van der Waals surface area (Å²) in [6, 6.07) is -1.47. The van der Waals surface area contributed by atoms with Gasteiger partial charge in [-0.25, -0.2) is 4.94 Å². The topological polar surface area (TPSA) is 115 Å². The lowest BCUT2D eigenvalue weighted by Gasteiger charge is -2.11. The minimum Gasteiger partial charge on any atom is -0.372 e. The molecule has 74 valence electrons. The maximum absolute atomic E-state index is 10.3. The maximum Gasteiger partial charge on any atom is 0.147 e. The van der Waals surface area contributed by atoms with Gasteiger partial charge < -0.3 is 4.74 Å². The molecule has 0 spiro atoms. The van der Waals surface area contributed by atoms with Crippen LogP contribution < -0.4 is 11.4 Å². The van der Waals surface area contributed by atoms with Crippen molar-refractivity contribution in [3.05, 3.63) is 9.81 Å². The van der Waals surface area contributed by atoms with Crippen LogP contribution in [0, 0.1) is 9.81 Å². The van der Waals surface area contributed by atoms with Crippen LogP contribution in [0.15, 0.2) is 10.4 Å². The van der Waals surface area contributed by atoms with Gasteiger partial charge in [-0.05, 0) is 0 Å². The molecule has 0 aromatic heterocycles. The first kappa shape index (κ1) is 10.1. The van der Waals surface area contributed by atoms with Crippen LogP contribution in [0.4, 0.5) is 0 Å². The van der Waals surface area contributed by atoms with Crippen molar-refractivity contribution in [1.29, 1.82) is 0 Å². The van der Waals surface area contributed by atoms with E-state index in [0.717, 1.165) is 0 Å². The van der Waals surface area contributed by atoms with Gasteiger partial charge in [0, 0.05) is 0 Å². The second-order valence-electron chi connectivity index (χ2n) is 2.61. The van der Waals surface area contributed by atoms with Crippen molar-refractivity contribution in [2.24, 2.45) is 16.3 Å². The molecular formula is C5H10N4O4. The number of nitrogens with zero attached hydrogens (tertiary/aromatic N) is 2. The lowest BCUT2D eigenvalue weighted by molar-refractivity contribution is 0.00263. The van der Waals surface area contributed by atoms with E-state index in [2.05, 4.69) is 20.8 Å². The predicted molar refractivity (Wildman–Crippen MR) is 42.2 cm³/mol. The zero-order valence-electron chi connectivity index (χ0n) is 6.75. The average molecular weight is 190 g/mol. The summed E-state index contributed by atoms with van der Waals surface area (Å²) in [6.45, 7) is 0.301. The fourth-order valence-electron chi connectivity index (χ4n) is 1.21. The van der Waals surface area contributed by atoms with Gasteiger partial charge in [-0.1, -0.05) is 10.4 Å². The van der Waals surface area contributed by atoms with E-state index in [1.807, 2.05) is 0 Å². The maximum atomic E-state index is 10.3. The molecule has 3 atom stereocenters. The monoisotopic (exact) mass is 190 g/mol. The van der Waals surface area contributed by atoms with E-state index >= 15 is 0 Å². The Morgan fingerprint density at radius 1 is 1.54 bits per heavy atom. The molecule has 1 saturated heterocycles. The Hall–Kier alpha value is -0.960. The molecule has 0 bridgehead atoms. The Balaban J connectivity index is 2.46. The third-order valence-electron chi connectivity index (χ3n) is 1.88. The van der Waals surface area contributed by atoms with E-state index in [1.165, 1.54) is 0 Å². The highest BCUT2D eigenvalue weighted by Gasteiger charge is 2.39. The fraction of sp³-hybridized carbons (Fsp3) is 1.00. The number of nitrogens with two attached hydrogens (primary N) is 1. The minimum absolute atomic E-state index is 0.108. The van der Waals surface area contributed by atoms with Crippen molar-refractivity contribution in [1.82, 2.24) is 5.48 Å². The highest BCUT2D eigenvalue weighted by atomic mass is 16.8. The molecule has 0 aliphatic carbocycles. The number of hydroxylamine groups is 1. The first-order chi connectivity index (χ1) is 6.33. The SMILES string of the molecule is NONCC1OCC(N=O)C1N=O. The van der Waals surface area contributed by atoms with E-state index in [1.54, 1.807) is 0 Å². The summed E-state index contributed by atoms with van der Waals surface area (Å²) in [5.74, 6) is 4.70. The first-order valence-electron chi connectivity index (χ1n) is 3.68. The van der Waals surface area contributed by atoms with Crippen LogP contribution in [-0.4, -0.2) is 31.3 Å². The van der Waals surface area contributed by atoms with Crippen molar-refractivity contribution in [3.8, 4) is 0 Å². The second kappa shape index (κ2) is 4.92. The van der Waals surface area contributed by atoms with Crippen molar-refractivity contribution < 1.29 is 9.68 Å². The van der Waals surface area contributed by atoms with Crippen molar-refractivity contribution in [3.63, 3.8) is 0 Å². The van der Waals surface area contributed by atoms with Crippen LogP contribution in [0.1, 0.15) is 0 Å². The standard InChI is InChI=1S/C5H10N4O4/c6-13-7-1-4-5(9-11)3(8-10)2-12-4/h3-5,7H,1-2,6H2. The number of ether oxygens (including phenoxy) is 1. The van der Waals surface area contributed by atoms with Crippen LogP contribution in [-0.2, 0) is 9.68 Å². The first-order valence-corrected chi connectivity index (χ1v) is 3.68. The molecule has 0 aromatic carbocycles. The second-order valence-corrected chi connectivity index (χ2v) is 2.61. The molecule has 1 heterocycles. The quantitative estimate of drug-likeness (QED) is 0.426. The van der Waals surface area contributed by atoms with Gasteiger partial charge in [0.1, 0.15) is 18.2 Å².